The number of sulfone groups is 1. The van der Waals surface area contributed by atoms with E-state index < -0.39 is 21.8 Å². The lowest BCUT2D eigenvalue weighted by Gasteiger charge is -2.32. The molecule has 1 unspecified atom stereocenters. The number of nitrogens with one attached hydrogen (secondary N) is 1. The molecular formula is C12H18N2O5S. The summed E-state index contributed by atoms with van der Waals surface area (Å²) >= 11 is 0. The summed E-state index contributed by atoms with van der Waals surface area (Å²) in [7, 11) is -3.17. The summed E-state index contributed by atoms with van der Waals surface area (Å²) < 4.78 is 22.5. The number of carboxylic acid groups (broad SMARTS) is 1. The molecule has 1 atom stereocenters. The molecule has 0 aromatic carbocycles. The van der Waals surface area contributed by atoms with Gasteiger partial charge in [-0.1, -0.05) is 0 Å². The Morgan fingerprint density at radius 2 is 1.95 bits per heavy atom. The van der Waals surface area contributed by atoms with Crippen LogP contribution >= 0.6 is 0 Å². The Balaban J connectivity index is 1.78. The third-order valence-corrected chi connectivity index (χ3v) is 5.00. The molecule has 2 N–H and O–H groups in total. The number of hydrogen-bond donors (Lipinski definition) is 2. The van der Waals surface area contributed by atoms with Crippen molar-refractivity contribution in [3.63, 3.8) is 0 Å². The summed E-state index contributed by atoms with van der Waals surface area (Å²) in [5, 5.41) is 12.5. The predicted molar refractivity (Wildman–Crippen MR) is 71.8 cm³/mol. The van der Waals surface area contributed by atoms with E-state index in [1.165, 1.54) is 6.08 Å². The molecule has 2 rings (SSSR count). The Morgan fingerprint density at radius 3 is 2.45 bits per heavy atom. The lowest BCUT2D eigenvalue weighted by Crippen LogP contribution is -2.48. The predicted octanol–water partition coefficient (Wildman–Crippen LogP) is 0.193. The number of amides is 2. The Labute approximate surface area is 117 Å². The Hall–Kier alpha value is -1.57. The fourth-order valence-electron chi connectivity index (χ4n) is 2.50. The molecule has 20 heavy (non-hydrogen) atoms. The van der Waals surface area contributed by atoms with Crippen LogP contribution in [0, 0.1) is 5.92 Å². The van der Waals surface area contributed by atoms with Crippen LogP contribution in [0.15, 0.2) is 11.5 Å². The van der Waals surface area contributed by atoms with Gasteiger partial charge in [-0.25, -0.2) is 13.2 Å². The molecular weight excluding hydrogens is 284 g/mol. The first-order valence-corrected chi connectivity index (χ1v) is 8.25. The van der Waals surface area contributed by atoms with Gasteiger partial charge in [-0.05, 0) is 24.8 Å². The van der Waals surface area contributed by atoms with Crippen molar-refractivity contribution in [1.82, 2.24) is 10.2 Å². The standard InChI is InChI=1S/C12H18N2O5S/c15-11(16)7-9-1-4-14(5-2-9)12(17)13-10-3-6-20(18,19)8-10/h3,6,9-10H,1-2,4-5,7-8H2,(H,13,17)(H,15,16). The monoisotopic (exact) mass is 302 g/mol. The van der Waals surface area contributed by atoms with E-state index in [-0.39, 0.29) is 24.1 Å². The number of likely N-dealkylation sites (tertiary alicyclic amines) is 1. The molecule has 0 aliphatic carbocycles. The van der Waals surface area contributed by atoms with Crippen molar-refractivity contribution in [3.8, 4) is 0 Å². The third kappa shape index (κ3) is 3.96. The van der Waals surface area contributed by atoms with Gasteiger partial charge in [0.15, 0.2) is 9.84 Å². The summed E-state index contributed by atoms with van der Waals surface area (Å²) in [4.78, 5) is 24.2. The Kier molecular flexibility index (Phi) is 4.32. The van der Waals surface area contributed by atoms with E-state index in [1.807, 2.05) is 0 Å². The summed E-state index contributed by atoms with van der Waals surface area (Å²) in [5.74, 6) is -0.786. The van der Waals surface area contributed by atoms with Gasteiger partial charge < -0.3 is 15.3 Å². The van der Waals surface area contributed by atoms with E-state index >= 15 is 0 Å². The molecule has 0 radical (unpaired) electrons. The highest BCUT2D eigenvalue weighted by molar-refractivity contribution is 7.94. The normalized spacial score (nSPS) is 25.6. The van der Waals surface area contributed by atoms with Gasteiger partial charge in [0.25, 0.3) is 0 Å². The lowest BCUT2D eigenvalue weighted by atomic mass is 9.94. The van der Waals surface area contributed by atoms with Gasteiger partial charge in [-0.15, -0.1) is 0 Å². The van der Waals surface area contributed by atoms with Crippen LogP contribution in [-0.4, -0.2) is 55.3 Å². The maximum absolute atomic E-state index is 12.0. The minimum Gasteiger partial charge on any atom is -0.481 e. The van der Waals surface area contributed by atoms with Crippen molar-refractivity contribution in [2.75, 3.05) is 18.8 Å². The highest BCUT2D eigenvalue weighted by atomic mass is 32.2. The first-order valence-electron chi connectivity index (χ1n) is 6.54. The zero-order valence-corrected chi connectivity index (χ0v) is 11.8. The molecule has 1 fully saturated rings. The van der Waals surface area contributed by atoms with Gasteiger partial charge in [-0.2, -0.15) is 0 Å². The third-order valence-electron chi connectivity index (χ3n) is 3.60. The molecule has 112 valence electrons. The minimum atomic E-state index is -3.17. The van der Waals surface area contributed by atoms with Crippen LogP contribution in [0.5, 0.6) is 0 Å². The van der Waals surface area contributed by atoms with Gasteiger partial charge in [0, 0.05) is 24.9 Å². The summed E-state index contributed by atoms with van der Waals surface area (Å²) in [6.07, 6.45) is 2.94. The van der Waals surface area contributed by atoms with Crippen LogP contribution < -0.4 is 5.32 Å². The van der Waals surface area contributed by atoms with Crippen molar-refractivity contribution in [1.29, 1.82) is 0 Å². The highest BCUT2D eigenvalue weighted by Gasteiger charge is 2.28. The zero-order chi connectivity index (χ0) is 14.8. The van der Waals surface area contributed by atoms with E-state index in [4.69, 9.17) is 5.11 Å². The highest BCUT2D eigenvalue weighted by Crippen LogP contribution is 2.20. The minimum absolute atomic E-state index is 0.0891. The van der Waals surface area contributed by atoms with Crippen molar-refractivity contribution in [2.24, 2.45) is 5.92 Å². The number of carboxylic acids is 1. The van der Waals surface area contributed by atoms with Crippen LogP contribution in [0.4, 0.5) is 4.79 Å². The van der Waals surface area contributed by atoms with Crippen LogP contribution in [0.3, 0.4) is 0 Å². The second-order valence-electron chi connectivity index (χ2n) is 5.24. The van der Waals surface area contributed by atoms with Crippen molar-refractivity contribution in [2.45, 2.75) is 25.3 Å². The van der Waals surface area contributed by atoms with E-state index in [2.05, 4.69) is 5.32 Å². The molecule has 7 nitrogen and oxygen atoms in total. The summed E-state index contributed by atoms with van der Waals surface area (Å²) in [6.45, 7) is 1.01. The van der Waals surface area contributed by atoms with Crippen LogP contribution in [0.25, 0.3) is 0 Å². The largest absolute Gasteiger partial charge is 0.481 e. The second-order valence-corrected chi connectivity index (χ2v) is 7.17. The first kappa shape index (κ1) is 14.8. The number of piperidine rings is 1. The van der Waals surface area contributed by atoms with E-state index in [1.54, 1.807) is 4.90 Å². The fraction of sp³-hybridized carbons (Fsp3) is 0.667. The fourth-order valence-corrected chi connectivity index (χ4v) is 3.74. The van der Waals surface area contributed by atoms with Crippen LogP contribution in [0.1, 0.15) is 19.3 Å². The molecule has 2 amide bonds. The number of urea groups is 1. The van der Waals surface area contributed by atoms with Gasteiger partial charge >= 0.3 is 12.0 Å². The van der Waals surface area contributed by atoms with E-state index in [9.17, 15) is 18.0 Å². The van der Waals surface area contributed by atoms with Crippen LogP contribution in [-0.2, 0) is 14.6 Å². The second kappa shape index (κ2) is 5.82. The number of carbonyl (C=O) groups excluding carboxylic acids is 1. The molecule has 2 heterocycles. The molecule has 2 aliphatic heterocycles. The number of carbonyl (C=O) groups is 2. The van der Waals surface area contributed by atoms with Gasteiger partial charge in [0.1, 0.15) is 0 Å². The van der Waals surface area contributed by atoms with E-state index in [0.717, 1.165) is 5.41 Å². The van der Waals surface area contributed by atoms with Crippen molar-refractivity contribution >= 4 is 21.8 Å². The van der Waals surface area contributed by atoms with E-state index in [0.29, 0.717) is 25.9 Å². The number of nitrogens with zero attached hydrogens (tertiary/aromatic N) is 1. The van der Waals surface area contributed by atoms with Gasteiger partial charge in [0.05, 0.1) is 11.8 Å². The zero-order valence-electron chi connectivity index (χ0n) is 11.0. The molecule has 1 saturated heterocycles. The van der Waals surface area contributed by atoms with Gasteiger partial charge in [-0.3, -0.25) is 4.79 Å². The molecule has 0 saturated carbocycles. The van der Waals surface area contributed by atoms with Gasteiger partial charge in [0.2, 0.25) is 0 Å². The van der Waals surface area contributed by atoms with Crippen LogP contribution in [0.2, 0.25) is 0 Å². The Bertz CT molecular complexity index is 520. The summed E-state index contributed by atoms with van der Waals surface area (Å²) in [5.41, 5.74) is 0. The maximum Gasteiger partial charge on any atom is 0.317 e. The molecule has 0 bridgehead atoms. The number of rotatable bonds is 3. The quantitative estimate of drug-likeness (QED) is 0.774. The lowest BCUT2D eigenvalue weighted by molar-refractivity contribution is -0.138. The topological polar surface area (TPSA) is 104 Å². The van der Waals surface area contributed by atoms with Crippen molar-refractivity contribution in [3.05, 3.63) is 11.5 Å². The molecule has 0 spiro atoms. The number of aliphatic carboxylic acids is 1. The molecule has 2 aliphatic rings. The SMILES string of the molecule is O=C(O)CC1CCN(C(=O)NC2C=CS(=O)(=O)C2)CC1. The maximum atomic E-state index is 12.0. The average Bonchev–Trinajstić information content (AvgIpc) is 2.68. The Morgan fingerprint density at radius 1 is 1.30 bits per heavy atom. The number of hydrogen-bond acceptors (Lipinski definition) is 4. The molecule has 0 aromatic rings. The molecule has 8 heteroatoms. The first-order chi connectivity index (χ1) is 9.35. The summed E-state index contributed by atoms with van der Waals surface area (Å²) in [6, 6.07) is -0.755. The average molecular weight is 302 g/mol. The molecule has 0 aromatic heterocycles. The van der Waals surface area contributed by atoms with Crippen molar-refractivity contribution < 1.29 is 23.1 Å². The smallest absolute Gasteiger partial charge is 0.317 e.